The second-order valence-corrected chi connectivity index (χ2v) is 5.87. The Hall–Kier alpha value is -2.21. The molecule has 0 amide bonds. The lowest BCUT2D eigenvalue weighted by Crippen LogP contribution is -2.27. The minimum absolute atomic E-state index is 0.292. The van der Waals surface area contributed by atoms with E-state index in [2.05, 4.69) is 6.07 Å². The third-order valence-electron chi connectivity index (χ3n) is 4.54. The van der Waals surface area contributed by atoms with E-state index in [0.717, 1.165) is 28.7 Å². The van der Waals surface area contributed by atoms with Gasteiger partial charge in [0.15, 0.2) is 0 Å². The normalized spacial score (nSPS) is 19.7. The molecule has 1 atom stereocenters. The zero-order valence-electron chi connectivity index (χ0n) is 12.5. The summed E-state index contributed by atoms with van der Waals surface area (Å²) < 4.78 is 27.4. The lowest BCUT2D eigenvalue weighted by molar-refractivity contribution is 0.563. The number of hydrogen-bond donors (Lipinski definition) is 0. The van der Waals surface area contributed by atoms with E-state index in [1.807, 2.05) is 6.92 Å². The van der Waals surface area contributed by atoms with Crippen molar-refractivity contribution < 1.29 is 8.78 Å². The van der Waals surface area contributed by atoms with Gasteiger partial charge >= 0.3 is 0 Å². The first kappa shape index (κ1) is 14.7. The highest BCUT2D eigenvalue weighted by molar-refractivity contribution is 5.54. The molecule has 112 valence electrons. The number of nitrogens with zero attached hydrogens (tertiary/aromatic N) is 1. The fourth-order valence-corrected chi connectivity index (χ4v) is 3.58. The summed E-state index contributed by atoms with van der Waals surface area (Å²) in [5.74, 6) is -0.626. The van der Waals surface area contributed by atoms with Crippen molar-refractivity contribution in [2.75, 3.05) is 0 Å². The lowest BCUT2D eigenvalue weighted by atomic mass is 9.71. The predicted molar refractivity (Wildman–Crippen MR) is 81.5 cm³/mol. The topological polar surface area (TPSA) is 23.8 Å². The molecule has 22 heavy (non-hydrogen) atoms. The van der Waals surface area contributed by atoms with Crippen LogP contribution < -0.4 is 0 Å². The summed E-state index contributed by atoms with van der Waals surface area (Å²) in [6.07, 6.45) is 2.75. The molecule has 1 aliphatic rings. The second-order valence-electron chi connectivity index (χ2n) is 5.87. The highest BCUT2D eigenvalue weighted by atomic mass is 19.1. The molecule has 1 nitrogen and oxygen atoms in total. The summed E-state index contributed by atoms with van der Waals surface area (Å²) in [5.41, 5.74) is 2.50. The molecular formula is C19H17F2N. The van der Waals surface area contributed by atoms with Crippen molar-refractivity contribution in [3.63, 3.8) is 0 Å². The first-order valence-electron chi connectivity index (χ1n) is 7.60. The number of rotatable bonds is 2. The average Bonchev–Trinajstić information content (AvgIpc) is 2.63. The van der Waals surface area contributed by atoms with Gasteiger partial charge in [0.2, 0.25) is 0 Å². The maximum atomic E-state index is 13.8. The summed E-state index contributed by atoms with van der Waals surface area (Å²) in [7, 11) is 0. The lowest BCUT2D eigenvalue weighted by Gasteiger charge is -2.29. The Balaban J connectivity index is 2.34. The van der Waals surface area contributed by atoms with Gasteiger partial charge in [-0.05, 0) is 65.8 Å². The second kappa shape index (κ2) is 5.53. The Morgan fingerprint density at radius 1 is 1.00 bits per heavy atom. The van der Waals surface area contributed by atoms with Gasteiger partial charge in [-0.15, -0.1) is 0 Å². The van der Waals surface area contributed by atoms with Gasteiger partial charge in [-0.3, -0.25) is 0 Å². The van der Waals surface area contributed by atoms with Crippen LogP contribution in [0.15, 0.2) is 36.4 Å². The molecule has 0 saturated heterocycles. The summed E-state index contributed by atoms with van der Waals surface area (Å²) in [5, 5.41) is 9.99. The largest absolute Gasteiger partial charge is 0.207 e. The van der Waals surface area contributed by atoms with Crippen molar-refractivity contribution in [3.05, 3.63) is 70.3 Å². The van der Waals surface area contributed by atoms with Gasteiger partial charge in [0, 0.05) is 0 Å². The fourth-order valence-electron chi connectivity index (χ4n) is 3.58. The van der Waals surface area contributed by atoms with Gasteiger partial charge < -0.3 is 0 Å². The molecule has 0 fully saturated rings. The smallest absolute Gasteiger partial charge is 0.123 e. The van der Waals surface area contributed by atoms with Gasteiger partial charge in [0.05, 0.1) is 6.07 Å². The molecule has 1 aliphatic carbocycles. The van der Waals surface area contributed by atoms with E-state index in [9.17, 15) is 14.0 Å². The Morgan fingerprint density at radius 2 is 1.68 bits per heavy atom. The predicted octanol–water partition coefficient (Wildman–Crippen LogP) is 4.67. The molecular weight excluding hydrogens is 280 g/mol. The van der Waals surface area contributed by atoms with Crippen LogP contribution in [-0.2, 0) is 18.3 Å². The van der Waals surface area contributed by atoms with E-state index in [1.54, 1.807) is 12.1 Å². The quantitative estimate of drug-likeness (QED) is 0.790. The fraction of sp³-hybridized carbons (Fsp3) is 0.316. The Kier molecular flexibility index (Phi) is 3.70. The van der Waals surface area contributed by atoms with Crippen molar-refractivity contribution in [1.29, 1.82) is 5.26 Å². The molecule has 0 radical (unpaired) electrons. The molecule has 0 N–H and O–H groups in total. The van der Waals surface area contributed by atoms with Crippen LogP contribution in [0.25, 0.3) is 0 Å². The van der Waals surface area contributed by atoms with Crippen LogP contribution in [0.4, 0.5) is 8.78 Å². The first-order chi connectivity index (χ1) is 10.6. The molecule has 0 spiro atoms. The van der Waals surface area contributed by atoms with Crippen molar-refractivity contribution in [3.8, 4) is 6.07 Å². The van der Waals surface area contributed by atoms with Crippen molar-refractivity contribution in [2.45, 2.75) is 38.0 Å². The number of aryl methyl sites for hydroxylation is 2. The Morgan fingerprint density at radius 3 is 2.41 bits per heavy atom. The molecule has 0 aliphatic heterocycles. The Labute approximate surface area is 129 Å². The monoisotopic (exact) mass is 297 g/mol. The van der Waals surface area contributed by atoms with Crippen LogP contribution in [0, 0.1) is 23.0 Å². The van der Waals surface area contributed by atoms with Gasteiger partial charge in [0.25, 0.3) is 0 Å². The first-order valence-corrected chi connectivity index (χ1v) is 7.60. The number of halogens is 2. The van der Waals surface area contributed by atoms with E-state index in [0.29, 0.717) is 19.3 Å². The van der Waals surface area contributed by atoms with Crippen LogP contribution in [0.5, 0.6) is 0 Å². The van der Waals surface area contributed by atoms with Crippen LogP contribution in [0.3, 0.4) is 0 Å². The maximum absolute atomic E-state index is 13.8. The summed E-state index contributed by atoms with van der Waals surface area (Å²) in [6.45, 7) is 2.01. The zero-order chi connectivity index (χ0) is 15.7. The Bertz CT molecular complexity index is 761. The van der Waals surface area contributed by atoms with Crippen molar-refractivity contribution in [2.24, 2.45) is 0 Å². The number of hydrogen-bond acceptors (Lipinski definition) is 1. The zero-order valence-corrected chi connectivity index (χ0v) is 12.5. The maximum Gasteiger partial charge on any atom is 0.123 e. The number of benzene rings is 2. The molecule has 1 unspecified atom stereocenters. The molecule has 2 aromatic carbocycles. The van der Waals surface area contributed by atoms with E-state index in [4.69, 9.17) is 0 Å². The minimum Gasteiger partial charge on any atom is -0.207 e. The van der Waals surface area contributed by atoms with Crippen LogP contribution in [0.1, 0.15) is 42.0 Å². The molecule has 0 aromatic heterocycles. The number of fused-ring (bicyclic) bond motifs is 2. The molecule has 0 heterocycles. The summed E-state index contributed by atoms with van der Waals surface area (Å²) in [4.78, 5) is 0. The van der Waals surface area contributed by atoms with Gasteiger partial charge in [-0.2, -0.15) is 5.26 Å². The van der Waals surface area contributed by atoms with Crippen molar-refractivity contribution in [1.82, 2.24) is 0 Å². The van der Waals surface area contributed by atoms with Gasteiger partial charge in [-0.1, -0.05) is 25.5 Å². The van der Waals surface area contributed by atoms with Crippen LogP contribution in [-0.4, -0.2) is 0 Å². The third-order valence-corrected chi connectivity index (χ3v) is 4.54. The molecule has 0 saturated carbocycles. The third kappa shape index (κ3) is 2.20. The molecule has 3 heteroatoms. The summed E-state index contributed by atoms with van der Waals surface area (Å²) >= 11 is 0. The van der Waals surface area contributed by atoms with E-state index >= 15 is 0 Å². The molecule has 0 bridgehead atoms. The van der Waals surface area contributed by atoms with Crippen LogP contribution >= 0.6 is 0 Å². The average molecular weight is 297 g/mol. The molecule has 2 aromatic rings. The van der Waals surface area contributed by atoms with Gasteiger partial charge in [0.1, 0.15) is 17.0 Å². The van der Waals surface area contributed by atoms with E-state index in [1.165, 1.54) is 24.3 Å². The van der Waals surface area contributed by atoms with E-state index in [-0.39, 0.29) is 11.6 Å². The van der Waals surface area contributed by atoms with E-state index < -0.39 is 5.41 Å². The summed E-state index contributed by atoms with van der Waals surface area (Å²) in [6, 6.07) is 11.7. The molecule has 3 rings (SSSR count). The SMILES string of the molecule is CCCC1(C#N)c2ccc(F)cc2CCc2ccc(F)cc21. The van der Waals surface area contributed by atoms with Gasteiger partial charge in [-0.25, -0.2) is 8.78 Å². The highest BCUT2D eigenvalue weighted by Gasteiger charge is 2.39. The highest BCUT2D eigenvalue weighted by Crippen LogP contribution is 2.43. The number of nitriles is 1. The standard InChI is InChI=1S/C19H17F2N/c1-2-9-19(12-22)17-8-7-15(20)10-14(17)4-3-13-5-6-16(21)11-18(13)19/h5-8,10-11H,2-4,9H2,1H3. The van der Waals surface area contributed by atoms with Crippen molar-refractivity contribution >= 4 is 0 Å². The van der Waals surface area contributed by atoms with Crippen LogP contribution in [0.2, 0.25) is 0 Å². The minimum atomic E-state index is -0.897.